The van der Waals surface area contributed by atoms with E-state index in [4.69, 9.17) is 27.6 Å². The Morgan fingerprint density at radius 2 is 2.07 bits per heavy atom. The Labute approximate surface area is 167 Å². The molecule has 0 radical (unpaired) electrons. The third-order valence-corrected chi connectivity index (χ3v) is 4.35. The molecule has 0 atom stereocenters. The van der Waals surface area contributed by atoms with Gasteiger partial charge in [0.15, 0.2) is 11.7 Å². The summed E-state index contributed by atoms with van der Waals surface area (Å²) in [4.78, 5) is 21.3. The molecule has 2 aromatic heterocycles. The number of pyridine rings is 1. The first-order valence-corrected chi connectivity index (χ1v) is 9.34. The molecule has 0 saturated heterocycles. The molecule has 140 valence electrons. The normalized spacial score (nSPS) is 12.0. The van der Waals surface area contributed by atoms with Crippen LogP contribution in [0.25, 0.3) is 11.3 Å². The SMILES string of the molecule is CC(C)N=c1ccccn1C(=O)CCc1ncc(-c2ccc(Cl)cc2Cl)o1. The van der Waals surface area contributed by atoms with Crippen molar-refractivity contribution >= 4 is 29.1 Å². The molecule has 0 spiro atoms. The zero-order valence-electron chi connectivity index (χ0n) is 15.0. The number of hydrogen-bond acceptors (Lipinski definition) is 4. The molecule has 0 unspecified atom stereocenters. The van der Waals surface area contributed by atoms with Crippen molar-refractivity contribution in [2.75, 3.05) is 0 Å². The van der Waals surface area contributed by atoms with Gasteiger partial charge in [0.1, 0.15) is 5.49 Å². The van der Waals surface area contributed by atoms with E-state index in [0.29, 0.717) is 39.2 Å². The lowest BCUT2D eigenvalue weighted by Crippen LogP contribution is -2.27. The number of oxazole rings is 1. The summed E-state index contributed by atoms with van der Waals surface area (Å²) in [5, 5.41) is 1.04. The van der Waals surface area contributed by atoms with Crippen molar-refractivity contribution in [2.24, 2.45) is 4.99 Å². The molecule has 27 heavy (non-hydrogen) atoms. The fraction of sp³-hybridized carbons (Fsp3) is 0.250. The molecule has 0 saturated carbocycles. The van der Waals surface area contributed by atoms with Crippen LogP contribution in [0.2, 0.25) is 10.0 Å². The highest BCUT2D eigenvalue weighted by atomic mass is 35.5. The standard InChI is InChI=1S/C20H19Cl2N3O2/c1-13(2)24-18-5-3-4-10-25(18)20(26)9-8-19-23-12-17(27-19)15-7-6-14(21)11-16(15)22/h3-7,10-13H,8-9H2,1-2H3. The van der Waals surface area contributed by atoms with Crippen molar-refractivity contribution in [3.05, 3.63) is 70.2 Å². The average Bonchev–Trinajstić information content (AvgIpc) is 3.08. The number of nitrogens with zero attached hydrogens (tertiary/aromatic N) is 3. The zero-order chi connectivity index (χ0) is 19.4. The van der Waals surface area contributed by atoms with Gasteiger partial charge in [-0.2, -0.15) is 0 Å². The van der Waals surface area contributed by atoms with E-state index in [0.717, 1.165) is 0 Å². The molecule has 0 bridgehead atoms. The molecule has 7 heteroatoms. The van der Waals surface area contributed by atoms with Crippen LogP contribution in [0.4, 0.5) is 0 Å². The minimum absolute atomic E-state index is 0.0701. The molecule has 5 nitrogen and oxygen atoms in total. The van der Waals surface area contributed by atoms with E-state index in [2.05, 4.69) is 9.98 Å². The molecule has 0 aliphatic carbocycles. The van der Waals surface area contributed by atoms with Gasteiger partial charge in [-0.15, -0.1) is 0 Å². The predicted octanol–water partition coefficient (Wildman–Crippen LogP) is 5.03. The Bertz CT molecular complexity index is 1020. The fourth-order valence-corrected chi connectivity index (χ4v) is 3.09. The molecule has 3 rings (SSSR count). The highest BCUT2D eigenvalue weighted by molar-refractivity contribution is 6.36. The third kappa shape index (κ3) is 4.87. The summed E-state index contributed by atoms with van der Waals surface area (Å²) in [5.41, 5.74) is 1.35. The van der Waals surface area contributed by atoms with E-state index >= 15 is 0 Å². The Morgan fingerprint density at radius 3 is 2.81 bits per heavy atom. The second kappa shape index (κ2) is 8.55. The van der Waals surface area contributed by atoms with Gasteiger partial charge in [-0.1, -0.05) is 29.3 Å². The Kier molecular flexibility index (Phi) is 6.14. The quantitative estimate of drug-likeness (QED) is 0.599. The molecule has 3 aromatic rings. The van der Waals surface area contributed by atoms with Gasteiger partial charge in [0.25, 0.3) is 0 Å². The van der Waals surface area contributed by atoms with Crippen LogP contribution in [-0.2, 0) is 6.42 Å². The van der Waals surface area contributed by atoms with Crippen molar-refractivity contribution in [1.82, 2.24) is 9.55 Å². The summed E-state index contributed by atoms with van der Waals surface area (Å²) >= 11 is 12.1. The maximum Gasteiger partial charge on any atom is 0.232 e. The predicted molar refractivity (Wildman–Crippen MR) is 106 cm³/mol. The summed E-state index contributed by atoms with van der Waals surface area (Å²) in [6, 6.07) is 10.8. The zero-order valence-corrected chi connectivity index (χ0v) is 16.5. The van der Waals surface area contributed by atoms with Crippen molar-refractivity contribution in [2.45, 2.75) is 32.7 Å². The van der Waals surface area contributed by atoms with Gasteiger partial charge in [0.2, 0.25) is 5.91 Å². The number of halogens is 2. The van der Waals surface area contributed by atoms with Gasteiger partial charge in [-0.3, -0.25) is 14.4 Å². The molecule has 0 aliphatic rings. The van der Waals surface area contributed by atoms with Crippen LogP contribution in [0.15, 0.2) is 58.2 Å². The smallest absolute Gasteiger partial charge is 0.232 e. The summed E-state index contributed by atoms with van der Waals surface area (Å²) in [6.45, 7) is 3.94. The first kappa shape index (κ1) is 19.4. The molecule has 1 aromatic carbocycles. The van der Waals surface area contributed by atoms with Crippen LogP contribution in [0.3, 0.4) is 0 Å². The number of carbonyl (C=O) groups excluding carboxylic acids is 1. The Hall–Kier alpha value is -2.37. The monoisotopic (exact) mass is 403 g/mol. The molecule has 2 heterocycles. The van der Waals surface area contributed by atoms with Crippen LogP contribution in [-0.4, -0.2) is 21.5 Å². The second-order valence-corrected chi connectivity index (χ2v) is 7.13. The van der Waals surface area contributed by atoms with Crippen molar-refractivity contribution < 1.29 is 9.21 Å². The third-order valence-electron chi connectivity index (χ3n) is 3.80. The Balaban J connectivity index is 1.73. The number of aryl methyl sites for hydroxylation is 1. The van der Waals surface area contributed by atoms with Crippen molar-refractivity contribution in [3.8, 4) is 11.3 Å². The van der Waals surface area contributed by atoms with Crippen LogP contribution in [0.1, 0.15) is 31.0 Å². The molecular formula is C20H19Cl2N3O2. The number of rotatable bonds is 5. The summed E-state index contributed by atoms with van der Waals surface area (Å²) in [7, 11) is 0. The van der Waals surface area contributed by atoms with Crippen molar-refractivity contribution in [1.29, 1.82) is 0 Å². The lowest BCUT2D eigenvalue weighted by molar-refractivity contribution is 0.0894. The first-order chi connectivity index (χ1) is 12.9. The maximum atomic E-state index is 12.6. The molecule has 0 fully saturated rings. The van der Waals surface area contributed by atoms with Crippen LogP contribution in [0.5, 0.6) is 0 Å². The maximum absolute atomic E-state index is 12.6. The first-order valence-electron chi connectivity index (χ1n) is 8.59. The minimum Gasteiger partial charge on any atom is -0.441 e. The van der Waals surface area contributed by atoms with E-state index in [1.54, 1.807) is 35.2 Å². The Morgan fingerprint density at radius 1 is 1.26 bits per heavy atom. The van der Waals surface area contributed by atoms with Gasteiger partial charge in [-0.25, -0.2) is 4.98 Å². The number of aromatic nitrogens is 2. The van der Waals surface area contributed by atoms with E-state index in [9.17, 15) is 4.79 Å². The van der Waals surface area contributed by atoms with Gasteiger partial charge in [0.05, 0.1) is 11.2 Å². The highest BCUT2D eigenvalue weighted by Gasteiger charge is 2.13. The van der Waals surface area contributed by atoms with E-state index in [1.165, 1.54) is 0 Å². The van der Waals surface area contributed by atoms with Gasteiger partial charge in [-0.05, 0) is 44.2 Å². The summed E-state index contributed by atoms with van der Waals surface area (Å²) < 4.78 is 7.30. The van der Waals surface area contributed by atoms with Crippen LogP contribution in [0, 0.1) is 0 Å². The van der Waals surface area contributed by atoms with Crippen LogP contribution >= 0.6 is 23.2 Å². The van der Waals surface area contributed by atoms with E-state index < -0.39 is 0 Å². The largest absolute Gasteiger partial charge is 0.441 e. The van der Waals surface area contributed by atoms with E-state index in [1.807, 2.05) is 32.0 Å². The molecule has 0 amide bonds. The average molecular weight is 404 g/mol. The van der Waals surface area contributed by atoms with Gasteiger partial charge >= 0.3 is 0 Å². The van der Waals surface area contributed by atoms with Gasteiger partial charge in [0, 0.05) is 35.7 Å². The fourth-order valence-electron chi connectivity index (χ4n) is 2.59. The van der Waals surface area contributed by atoms with E-state index in [-0.39, 0.29) is 18.4 Å². The number of benzene rings is 1. The lowest BCUT2D eigenvalue weighted by Gasteiger charge is -2.06. The highest BCUT2D eigenvalue weighted by Crippen LogP contribution is 2.30. The van der Waals surface area contributed by atoms with Gasteiger partial charge < -0.3 is 4.42 Å². The molecule has 0 aliphatic heterocycles. The molecular weight excluding hydrogens is 385 g/mol. The number of hydrogen-bond donors (Lipinski definition) is 0. The number of carbonyl (C=O) groups is 1. The van der Waals surface area contributed by atoms with Crippen LogP contribution < -0.4 is 5.49 Å². The molecule has 0 N–H and O–H groups in total. The minimum atomic E-state index is -0.0701. The lowest BCUT2D eigenvalue weighted by atomic mass is 10.2. The second-order valence-electron chi connectivity index (χ2n) is 6.29. The summed E-state index contributed by atoms with van der Waals surface area (Å²) in [6.07, 6.45) is 3.96. The summed E-state index contributed by atoms with van der Waals surface area (Å²) in [5.74, 6) is 0.949. The van der Waals surface area contributed by atoms with Crippen molar-refractivity contribution in [3.63, 3.8) is 0 Å². The topological polar surface area (TPSA) is 60.4 Å².